The van der Waals surface area contributed by atoms with Crippen molar-refractivity contribution >= 4 is 35.1 Å². The summed E-state index contributed by atoms with van der Waals surface area (Å²) >= 11 is 0. The topological polar surface area (TPSA) is 150 Å². The van der Waals surface area contributed by atoms with E-state index in [1.807, 2.05) is 0 Å². The number of carbonyl (C=O) groups is 2. The third kappa shape index (κ3) is 6.74. The quantitative estimate of drug-likeness (QED) is 0.346. The zero-order valence-corrected chi connectivity index (χ0v) is 16.2. The van der Waals surface area contributed by atoms with Crippen molar-refractivity contribution in [1.29, 1.82) is 0 Å². The average molecular weight is 402 g/mol. The molecule has 0 saturated carbocycles. The maximum Gasteiger partial charge on any atom is 0.511 e. The van der Waals surface area contributed by atoms with Crippen LogP contribution in [0.2, 0.25) is 0 Å². The fourth-order valence-electron chi connectivity index (χ4n) is 2.10. The van der Waals surface area contributed by atoms with Crippen LogP contribution in [-0.2, 0) is 14.3 Å². The molecule has 1 heterocycles. The van der Waals surface area contributed by atoms with Crippen LogP contribution in [0.25, 0.3) is 0 Å². The number of likely N-dealkylation sites (N-methyl/N-ethyl adjacent to an activating group) is 1. The van der Waals surface area contributed by atoms with Gasteiger partial charge >= 0.3 is 6.16 Å². The van der Waals surface area contributed by atoms with E-state index in [0.29, 0.717) is 22.9 Å². The summed E-state index contributed by atoms with van der Waals surface area (Å²) in [6.07, 6.45) is -1.76. The summed E-state index contributed by atoms with van der Waals surface area (Å²) in [6.45, 7) is 1.69. The number of pyridine rings is 1. The van der Waals surface area contributed by atoms with Crippen LogP contribution in [0, 0.1) is 0 Å². The third-order valence-corrected chi connectivity index (χ3v) is 3.36. The normalized spacial score (nSPS) is 11.7. The molecule has 11 nitrogen and oxygen atoms in total. The highest BCUT2D eigenvalue weighted by atomic mass is 16.8. The molecule has 2 rings (SSSR count). The molecule has 1 atom stereocenters. The van der Waals surface area contributed by atoms with Crippen molar-refractivity contribution in [3.05, 3.63) is 36.4 Å². The summed E-state index contributed by atoms with van der Waals surface area (Å²) in [4.78, 5) is 26.8. The molecule has 4 N–H and O–H groups in total. The molecule has 154 valence electrons. The SMILES string of the molecule is CNCC(=O)Nc1ccc(N=Nc2ccccc2OC(C)OC(=O)OC)c(N)n1. The molecule has 0 bridgehead atoms. The summed E-state index contributed by atoms with van der Waals surface area (Å²) in [5.74, 6) is 0.495. The Morgan fingerprint density at radius 1 is 1.17 bits per heavy atom. The van der Waals surface area contributed by atoms with E-state index in [9.17, 15) is 9.59 Å². The van der Waals surface area contributed by atoms with E-state index in [0.717, 1.165) is 0 Å². The second-order valence-electron chi connectivity index (χ2n) is 5.60. The van der Waals surface area contributed by atoms with E-state index >= 15 is 0 Å². The molecule has 0 radical (unpaired) electrons. The van der Waals surface area contributed by atoms with Gasteiger partial charge in [-0.2, -0.15) is 0 Å². The Bertz CT molecular complexity index is 889. The number of methoxy groups -OCH3 is 1. The summed E-state index contributed by atoms with van der Waals surface area (Å²) in [6, 6.07) is 9.93. The molecule has 1 unspecified atom stereocenters. The monoisotopic (exact) mass is 402 g/mol. The van der Waals surface area contributed by atoms with Gasteiger partial charge in [0, 0.05) is 6.92 Å². The summed E-state index contributed by atoms with van der Waals surface area (Å²) in [5, 5.41) is 13.5. The summed E-state index contributed by atoms with van der Waals surface area (Å²) in [5.41, 5.74) is 6.59. The van der Waals surface area contributed by atoms with Crippen LogP contribution in [0.3, 0.4) is 0 Å². The molecular weight excluding hydrogens is 380 g/mol. The lowest BCUT2D eigenvalue weighted by molar-refractivity contribution is -0.115. The summed E-state index contributed by atoms with van der Waals surface area (Å²) in [7, 11) is 2.86. The molecular formula is C18H22N6O5. The van der Waals surface area contributed by atoms with E-state index in [4.69, 9.17) is 15.2 Å². The van der Waals surface area contributed by atoms with Gasteiger partial charge in [-0.25, -0.2) is 9.78 Å². The number of nitrogens with one attached hydrogen (secondary N) is 2. The maximum absolute atomic E-state index is 11.6. The van der Waals surface area contributed by atoms with Crippen LogP contribution in [0.4, 0.5) is 27.8 Å². The van der Waals surface area contributed by atoms with Gasteiger partial charge in [-0.1, -0.05) is 12.1 Å². The number of hydrogen-bond donors (Lipinski definition) is 3. The van der Waals surface area contributed by atoms with Gasteiger partial charge in [0.15, 0.2) is 11.6 Å². The van der Waals surface area contributed by atoms with E-state index in [2.05, 4.69) is 30.6 Å². The molecule has 2 aromatic rings. The fourth-order valence-corrected chi connectivity index (χ4v) is 2.10. The number of ether oxygens (including phenoxy) is 3. The number of benzene rings is 1. The summed E-state index contributed by atoms with van der Waals surface area (Å²) < 4.78 is 14.8. The van der Waals surface area contributed by atoms with Crippen LogP contribution < -0.4 is 21.1 Å². The molecule has 1 aromatic heterocycles. The maximum atomic E-state index is 11.6. The zero-order valence-electron chi connectivity index (χ0n) is 16.2. The average Bonchev–Trinajstić information content (AvgIpc) is 2.68. The van der Waals surface area contributed by atoms with Gasteiger partial charge in [0.1, 0.15) is 17.2 Å². The minimum absolute atomic E-state index is 0.0943. The van der Waals surface area contributed by atoms with Crippen LogP contribution in [0.15, 0.2) is 46.6 Å². The predicted octanol–water partition coefficient (Wildman–Crippen LogP) is 2.74. The number of nitrogens with two attached hydrogens (primary N) is 1. The molecule has 1 aromatic carbocycles. The number of amides is 1. The highest BCUT2D eigenvalue weighted by molar-refractivity contribution is 5.91. The van der Waals surface area contributed by atoms with Crippen molar-refractivity contribution in [2.75, 3.05) is 31.8 Å². The first-order valence-electron chi connectivity index (χ1n) is 8.56. The van der Waals surface area contributed by atoms with Crippen molar-refractivity contribution in [1.82, 2.24) is 10.3 Å². The van der Waals surface area contributed by atoms with Crippen molar-refractivity contribution < 1.29 is 23.8 Å². The van der Waals surface area contributed by atoms with E-state index in [-0.39, 0.29) is 18.3 Å². The molecule has 1 amide bonds. The Morgan fingerprint density at radius 2 is 1.90 bits per heavy atom. The standard InChI is InChI=1S/C18H22N6O5/c1-11(29-18(26)27-3)28-14-7-5-4-6-12(14)23-24-13-8-9-15(22-17(13)19)21-16(25)10-20-2/h4-9,11,20H,10H2,1-3H3,(H3,19,21,22,25). The van der Waals surface area contributed by atoms with Crippen molar-refractivity contribution in [2.24, 2.45) is 10.2 Å². The Hall–Kier alpha value is -3.73. The van der Waals surface area contributed by atoms with E-state index < -0.39 is 12.4 Å². The molecule has 0 aliphatic carbocycles. The number of azo groups is 1. The molecule has 0 saturated heterocycles. The lowest BCUT2D eigenvalue weighted by Crippen LogP contribution is -2.25. The number of aromatic nitrogens is 1. The minimum atomic E-state index is -0.897. The van der Waals surface area contributed by atoms with Crippen molar-refractivity contribution in [3.8, 4) is 5.75 Å². The number of para-hydroxylation sites is 1. The van der Waals surface area contributed by atoms with E-state index in [1.54, 1.807) is 43.4 Å². The second kappa shape index (κ2) is 10.6. The number of nitrogens with zero attached hydrogens (tertiary/aromatic N) is 3. The lowest BCUT2D eigenvalue weighted by Gasteiger charge is -2.15. The van der Waals surface area contributed by atoms with Gasteiger partial charge in [-0.15, -0.1) is 10.2 Å². The largest absolute Gasteiger partial charge is 0.511 e. The van der Waals surface area contributed by atoms with Gasteiger partial charge in [0.2, 0.25) is 12.2 Å². The number of rotatable bonds is 8. The van der Waals surface area contributed by atoms with Gasteiger partial charge in [-0.05, 0) is 31.3 Å². The molecule has 29 heavy (non-hydrogen) atoms. The Morgan fingerprint density at radius 3 is 2.59 bits per heavy atom. The Balaban J connectivity index is 2.11. The first-order valence-corrected chi connectivity index (χ1v) is 8.56. The Kier molecular flexibility index (Phi) is 7.86. The smallest absolute Gasteiger partial charge is 0.453 e. The second-order valence-corrected chi connectivity index (χ2v) is 5.60. The zero-order chi connectivity index (χ0) is 21.2. The lowest BCUT2D eigenvalue weighted by atomic mass is 10.3. The number of hydrogen-bond acceptors (Lipinski definition) is 10. The van der Waals surface area contributed by atoms with Crippen LogP contribution >= 0.6 is 0 Å². The third-order valence-electron chi connectivity index (χ3n) is 3.36. The van der Waals surface area contributed by atoms with Crippen LogP contribution in [-0.4, -0.2) is 44.0 Å². The molecule has 11 heteroatoms. The fraction of sp³-hybridized carbons (Fsp3) is 0.278. The molecule has 0 aliphatic rings. The van der Waals surface area contributed by atoms with Gasteiger partial charge < -0.3 is 30.6 Å². The highest BCUT2D eigenvalue weighted by Gasteiger charge is 2.13. The van der Waals surface area contributed by atoms with E-state index in [1.165, 1.54) is 14.0 Å². The van der Waals surface area contributed by atoms with Crippen LogP contribution in [0.1, 0.15) is 6.92 Å². The minimum Gasteiger partial charge on any atom is -0.453 e. The van der Waals surface area contributed by atoms with Crippen molar-refractivity contribution in [2.45, 2.75) is 13.2 Å². The van der Waals surface area contributed by atoms with Crippen LogP contribution in [0.5, 0.6) is 5.75 Å². The molecule has 0 aliphatic heterocycles. The van der Waals surface area contributed by atoms with Gasteiger partial charge in [0.05, 0.1) is 13.7 Å². The predicted molar refractivity (Wildman–Crippen MR) is 105 cm³/mol. The van der Waals surface area contributed by atoms with Crippen molar-refractivity contribution in [3.63, 3.8) is 0 Å². The highest BCUT2D eigenvalue weighted by Crippen LogP contribution is 2.31. The number of carbonyl (C=O) groups excluding carboxylic acids is 2. The number of nitrogen functional groups attached to an aromatic ring is 1. The Labute approximate surface area is 167 Å². The molecule has 0 spiro atoms. The van der Waals surface area contributed by atoms with Gasteiger partial charge in [0.25, 0.3) is 0 Å². The first-order chi connectivity index (χ1) is 13.9. The number of anilines is 2. The van der Waals surface area contributed by atoms with Gasteiger partial charge in [-0.3, -0.25) is 4.79 Å². The first kappa shape index (κ1) is 21.6. The molecule has 0 fully saturated rings.